The molecule has 0 heterocycles. The van der Waals surface area contributed by atoms with E-state index in [2.05, 4.69) is 77.8 Å². The summed E-state index contributed by atoms with van der Waals surface area (Å²) in [4.78, 5) is 15.0. The van der Waals surface area contributed by atoms with Gasteiger partial charge in [-0.2, -0.15) is 0 Å². The first-order chi connectivity index (χ1) is 13.2. The standard InChI is InChI=1S/C24H26N2O/c1-18(22-13-7-11-20-10-5-6-12-23(20)22)25-24(27)17-26(21-14-15-21)16-19-8-3-2-4-9-19/h2-13,18,21H,14-17H2,1H3,(H,25,27). The first-order valence-electron chi connectivity index (χ1n) is 9.76. The highest BCUT2D eigenvalue weighted by Crippen LogP contribution is 2.28. The smallest absolute Gasteiger partial charge is 0.234 e. The molecule has 1 unspecified atom stereocenters. The number of nitrogens with zero attached hydrogens (tertiary/aromatic N) is 1. The maximum atomic E-state index is 12.7. The van der Waals surface area contributed by atoms with Crippen LogP contribution in [0, 0.1) is 0 Å². The first kappa shape index (κ1) is 17.7. The van der Waals surface area contributed by atoms with Crippen LogP contribution in [0.1, 0.15) is 36.9 Å². The van der Waals surface area contributed by atoms with E-state index in [9.17, 15) is 4.79 Å². The minimum atomic E-state index is -0.0126. The van der Waals surface area contributed by atoms with Gasteiger partial charge in [0, 0.05) is 12.6 Å². The van der Waals surface area contributed by atoms with Crippen molar-refractivity contribution in [3.8, 4) is 0 Å². The molecule has 3 aromatic carbocycles. The molecule has 0 radical (unpaired) electrons. The van der Waals surface area contributed by atoms with Crippen molar-refractivity contribution < 1.29 is 4.79 Å². The molecule has 0 aliphatic heterocycles. The van der Waals surface area contributed by atoms with Crippen LogP contribution in [0.2, 0.25) is 0 Å². The van der Waals surface area contributed by atoms with Gasteiger partial charge in [-0.05, 0) is 41.7 Å². The van der Waals surface area contributed by atoms with Crippen LogP contribution in [0.25, 0.3) is 10.8 Å². The molecule has 1 N–H and O–H groups in total. The Morgan fingerprint density at radius 3 is 2.48 bits per heavy atom. The van der Waals surface area contributed by atoms with Crippen LogP contribution in [0.3, 0.4) is 0 Å². The second kappa shape index (κ2) is 7.93. The largest absolute Gasteiger partial charge is 0.348 e. The van der Waals surface area contributed by atoms with Gasteiger partial charge < -0.3 is 5.32 Å². The molecule has 1 saturated carbocycles. The van der Waals surface area contributed by atoms with Gasteiger partial charge in [-0.1, -0.05) is 72.8 Å². The van der Waals surface area contributed by atoms with Gasteiger partial charge in [0.05, 0.1) is 12.6 Å². The molecule has 1 aliphatic rings. The zero-order valence-corrected chi connectivity index (χ0v) is 15.8. The molecule has 0 bridgehead atoms. The summed E-state index contributed by atoms with van der Waals surface area (Å²) in [7, 11) is 0. The maximum Gasteiger partial charge on any atom is 0.234 e. The van der Waals surface area contributed by atoms with Crippen LogP contribution >= 0.6 is 0 Å². The van der Waals surface area contributed by atoms with Gasteiger partial charge in [-0.15, -0.1) is 0 Å². The van der Waals surface area contributed by atoms with Crippen molar-refractivity contribution in [3.05, 3.63) is 83.9 Å². The fourth-order valence-corrected chi connectivity index (χ4v) is 3.75. The molecule has 0 saturated heterocycles. The number of amides is 1. The second-order valence-electron chi connectivity index (χ2n) is 7.48. The van der Waals surface area contributed by atoms with Crippen LogP contribution in [-0.2, 0) is 11.3 Å². The Kier molecular flexibility index (Phi) is 5.21. The highest BCUT2D eigenvalue weighted by atomic mass is 16.2. The molecule has 3 nitrogen and oxygen atoms in total. The number of carbonyl (C=O) groups excluding carboxylic acids is 1. The van der Waals surface area contributed by atoms with Gasteiger partial charge in [-0.25, -0.2) is 0 Å². The van der Waals surface area contributed by atoms with Crippen molar-refractivity contribution in [3.63, 3.8) is 0 Å². The van der Waals surface area contributed by atoms with Gasteiger partial charge in [-0.3, -0.25) is 9.69 Å². The Labute approximate surface area is 161 Å². The fourth-order valence-electron chi connectivity index (χ4n) is 3.75. The molecule has 1 fully saturated rings. The molecule has 27 heavy (non-hydrogen) atoms. The van der Waals surface area contributed by atoms with Crippen LogP contribution in [-0.4, -0.2) is 23.4 Å². The number of fused-ring (bicyclic) bond motifs is 1. The Bertz CT molecular complexity index is 913. The Morgan fingerprint density at radius 1 is 1.00 bits per heavy atom. The van der Waals surface area contributed by atoms with E-state index in [-0.39, 0.29) is 11.9 Å². The summed E-state index contributed by atoms with van der Waals surface area (Å²) in [6.07, 6.45) is 2.39. The van der Waals surface area contributed by atoms with Gasteiger partial charge in [0.15, 0.2) is 0 Å². The molecule has 0 aromatic heterocycles. The SMILES string of the molecule is CC(NC(=O)CN(Cc1ccccc1)C1CC1)c1cccc2ccccc12. The third-order valence-corrected chi connectivity index (χ3v) is 5.31. The predicted octanol–water partition coefficient (Wildman–Crippen LogP) is 4.68. The van der Waals surface area contributed by atoms with Gasteiger partial charge in [0.2, 0.25) is 5.91 Å². The summed E-state index contributed by atoms with van der Waals surface area (Å²) in [5.74, 6) is 0.0956. The first-order valence-corrected chi connectivity index (χ1v) is 9.76. The van der Waals surface area contributed by atoms with Gasteiger partial charge in [0.1, 0.15) is 0 Å². The summed E-state index contributed by atoms with van der Waals surface area (Å²) in [6, 6.07) is 25.6. The molecule has 1 atom stereocenters. The molecular formula is C24H26N2O. The van der Waals surface area contributed by atoms with Gasteiger partial charge in [0.25, 0.3) is 0 Å². The lowest BCUT2D eigenvalue weighted by molar-refractivity contribution is -0.123. The van der Waals surface area contributed by atoms with Crippen molar-refractivity contribution in [2.75, 3.05) is 6.54 Å². The summed E-state index contributed by atoms with van der Waals surface area (Å²) < 4.78 is 0. The lowest BCUT2D eigenvalue weighted by Gasteiger charge is -2.23. The lowest BCUT2D eigenvalue weighted by Crippen LogP contribution is -2.39. The minimum absolute atomic E-state index is 0.0126. The zero-order valence-electron chi connectivity index (χ0n) is 15.8. The molecule has 3 aromatic rings. The number of benzene rings is 3. The average Bonchev–Trinajstić information content (AvgIpc) is 3.53. The number of rotatable bonds is 7. The number of hydrogen-bond acceptors (Lipinski definition) is 2. The Hall–Kier alpha value is -2.65. The van der Waals surface area contributed by atoms with Crippen LogP contribution in [0.15, 0.2) is 72.8 Å². The normalized spacial score (nSPS) is 15.0. The Morgan fingerprint density at radius 2 is 1.70 bits per heavy atom. The van der Waals surface area contributed by atoms with Crippen LogP contribution in [0.4, 0.5) is 0 Å². The monoisotopic (exact) mass is 358 g/mol. The topological polar surface area (TPSA) is 32.3 Å². The number of hydrogen-bond donors (Lipinski definition) is 1. The predicted molar refractivity (Wildman–Crippen MR) is 110 cm³/mol. The van der Waals surface area contributed by atoms with E-state index in [1.165, 1.54) is 34.7 Å². The third kappa shape index (κ3) is 4.37. The highest BCUT2D eigenvalue weighted by molar-refractivity contribution is 5.87. The summed E-state index contributed by atoms with van der Waals surface area (Å²) in [5.41, 5.74) is 2.43. The maximum absolute atomic E-state index is 12.7. The molecule has 4 rings (SSSR count). The molecule has 3 heteroatoms. The molecule has 138 valence electrons. The van der Waals surface area contributed by atoms with E-state index in [1.807, 2.05) is 12.1 Å². The number of nitrogens with one attached hydrogen (secondary N) is 1. The highest BCUT2D eigenvalue weighted by Gasteiger charge is 2.30. The van der Waals surface area contributed by atoms with Crippen LogP contribution < -0.4 is 5.32 Å². The number of carbonyl (C=O) groups is 1. The van der Waals surface area contributed by atoms with E-state index in [0.717, 1.165) is 6.54 Å². The van der Waals surface area contributed by atoms with Gasteiger partial charge >= 0.3 is 0 Å². The van der Waals surface area contributed by atoms with E-state index in [4.69, 9.17) is 0 Å². The van der Waals surface area contributed by atoms with E-state index < -0.39 is 0 Å². The van der Waals surface area contributed by atoms with Crippen molar-refractivity contribution in [1.82, 2.24) is 10.2 Å². The quantitative estimate of drug-likeness (QED) is 0.665. The minimum Gasteiger partial charge on any atom is -0.348 e. The molecular weight excluding hydrogens is 332 g/mol. The molecule has 1 aliphatic carbocycles. The van der Waals surface area contributed by atoms with E-state index in [1.54, 1.807) is 0 Å². The summed E-state index contributed by atoms with van der Waals surface area (Å²) in [5, 5.41) is 5.62. The molecule has 0 spiro atoms. The molecule has 1 amide bonds. The van der Waals surface area contributed by atoms with Crippen LogP contribution in [0.5, 0.6) is 0 Å². The van der Waals surface area contributed by atoms with E-state index >= 15 is 0 Å². The van der Waals surface area contributed by atoms with Crippen molar-refractivity contribution in [1.29, 1.82) is 0 Å². The Balaban J connectivity index is 1.43. The third-order valence-electron chi connectivity index (χ3n) is 5.31. The van der Waals surface area contributed by atoms with Crippen molar-refractivity contribution in [2.45, 2.75) is 38.4 Å². The van der Waals surface area contributed by atoms with Crippen molar-refractivity contribution in [2.24, 2.45) is 0 Å². The fraction of sp³-hybridized carbons (Fsp3) is 0.292. The zero-order chi connectivity index (χ0) is 18.6. The summed E-state index contributed by atoms with van der Waals surface area (Å²) in [6.45, 7) is 3.36. The van der Waals surface area contributed by atoms with E-state index in [0.29, 0.717) is 12.6 Å². The lowest BCUT2D eigenvalue weighted by atomic mass is 10.00. The van der Waals surface area contributed by atoms with Crippen molar-refractivity contribution >= 4 is 16.7 Å². The second-order valence-corrected chi connectivity index (χ2v) is 7.48. The summed E-state index contributed by atoms with van der Waals surface area (Å²) >= 11 is 0. The average molecular weight is 358 g/mol.